The summed E-state index contributed by atoms with van der Waals surface area (Å²) in [4.78, 5) is 25.4. The molecule has 3 aromatic rings. The Bertz CT molecular complexity index is 1320. The summed E-state index contributed by atoms with van der Waals surface area (Å²) in [5, 5.41) is 12.0. The molecule has 1 N–H and O–H groups in total. The van der Waals surface area contributed by atoms with Crippen LogP contribution in [-0.2, 0) is 39.2 Å². The molecule has 5 rings (SSSR count). The van der Waals surface area contributed by atoms with Gasteiger partial charge in [0.05, 0.1) is 26.4 Å². The smallest absolute Gasteiger partial charge is 0.333 e. The third kappa shape index (κ3) is 4.12. The minimum absolute atomic E-state index is 0.103. The van der Waals surface area contributed by atoms with E-state index in [1.807, 2.05) is 60.7 Å². The number of aliphatic hydroxyl groups is 1. The number of ether oxygens (including phenoxy) is 4. The van der Waals surface area contributed by atoms with Crippen molar-refractivity contribution in [3.63, 3.8) is 0 Å². The maximum atomic E-state index is 13.1. The van der Waals surface area contributed by atoms with E-state index in [4.69, 9.17) is 18.9 Å². The van der Waals surface area contributed by atoms with Gasteiger partial charge in [0.15, 0.2) is 11.8 Å². The lowest BCUT2D eigenvalue weighted by atomic mass is 9.87. The number of hydrogen-bond donors (Lipinski definition) is 1. The van der Waals surface area contributed by atoms with Crippen LogP contribution in [-0.4, -0.2) is 44.9 Å². The van der Waals surface area contributed by atoms with E-state index in [1.165, 1.54) is 17.8 Å². The molecule has 1 aromatic heterocycles. The summed E-state index contributed by atoms with van der Waals surface area (Å²) in [6.45, 7) is 2.47. The van der Waals surface area contributed by atoms with Crippen molar-refractivity contribution < 1.29 is 24.1 Å². The Labute approximate surface area is 208 Å². The highest BCUT2D eigenvalue weighted by Crippen LogP contribution is 2.54. The summed E-state index contributed by atoms with van der Waals surface area (Å²) in [6, 6.07) is 19.3. The molecule has 2 fully saturated rings. The fourth-order valence-electron chi connectivity index (χ4n) is 5.04. The predicted octanol–water partition coefficient (Wildman–Crippen LogP) is 2.03. The molecular weight excluding hydrogens is 464 g/mol. The molecule has 190 valence electrons. The van der Waals surface area contributed by atoms with Crippen LogP contribution in [0.1, 0.15) is 29.3 Å². The normalized spacial score (nSPS) is 27.3. The molecule has 4 atom stereocenters. The van der Waals surface area contributed by atoms with Gasteiger partial charge in [-0.05, 0) is 18.1 Å². The molecule has 2 aliphatic heterocycles. The van der Waals surface area contributed by atoms with Crippen molar-refractivity contribution in [2.45, 2.75) is 50.3 Å². The van der Waals surface area contributed by atoms with Crippen molar-refractivity contribution in [1.29, 1.82) is 0 Å². The molecule has 0 spiro atoms. The molecule has 0 aliphatic carbocycles. The van der Waals surface area contributed by atoms with Crippen LogP contribution in [0.4, 0.5) is 0 Å². The Balaban J connectivity index is 1.49. The fourth-order valence-corrected chi connectivity index (χ4v) is 5.04. The minimum atomic E-state index is -1.98. The second-order valence-electron chi connectivity index (χ2n) is 9.30. The summed E-state index contributed by atoms with van der Waals surface area (Å²) >= 11 is 0. The van der Waals surface area contributed by atoms with Crippen LogP contribution in [0.25, 0.3) is 0 Å². The van der Waals surface area contributed by atoms with Crippen molar-refractivity contribution >= 4 is 0 Å². The van der Waals surface area contributed by atoms with Gasteiger partial charge in [-0.15, -0.1) is 0 Å². The van der Waals surface area contributed by atoms with Crippen LogP contribution >= 0.6 is 0 Å². The van der Waals surface area contributed by atoms with Gasteiger partial charge in [0.2, 0.25) is 5.79 Å². The van der Waals surface area contributed by atoms with Gasteiger partial charge >= 0.3 is 5.69 Å². The molecule has 0 bridgehead atoms. The predicted molar refractivity (Wildman–Crippen MR) is 130 cm³/mol. The van der Waals surface area contributed by atoms with Gasteiger partial charge in [0.25, 0.3) is 5.56 Å². The van der Waals surface area contributed by atoms with Crippen LogP contribution < -0.4 is 11.2 Å². The second kappa shape index (κ2) is 9.76. The molecule has 36 heavy (non-hydrogen) atoms. The zero-order valence-electron chi connectivity index (χ0n) is 20.3. The molecule has 2 saturated heterocycles. The van der Waals surface area contributed by atoms with E-state index in [-0.39, 0.29) is 19.8 Å². The van der Waals surface area contributed by atoms with Crippen LogP contribution in [0, 0.1) is 6.92 Å². The SMILES string of the molecule is Cc1cn(C2OC(COCc3ccccc3)C3(OCc4ccccc4)CCOC23O)c(=O)n(C)c1=O. The number of benzene rings is 2. The minimum Gasteiger partial charge on any atom is -0.374 e. The molecule has 3 heterocycles. The first-order valence-corrected chi connectivity index (χ1v) is 12.0. The highest BCUT2D eigenvalue weighted by molar-refractivity contribution is 5.18. The van der Waals surface area contributed by atoms with Gasteiger partial charge in [-0.25, -0.2) is 4.79 Å². The van der Waals surface area contributed by atoms with E-state index in [0.29, 0.717) is 18.6 Å². The van der Waals surface area contributed by atoms with Gasteiger partial charge in [-0.3, -0.25) is 13.9 Å². The van der Waals surface area contributed by atoms with Crippen molar-refractivity contribution in [3.05, 3.63) is 104 Å². The summed E-state index contributed by atoms with van der Waals surface area (Å²) in [5.74, 6) is -1.98. The summed E-state index contributed by atoms with van der Waals surface area (Å²) in [5.41, 5.74) is -0.0865. The second-order valence-corrected chi connectivity index (χ2v) is 9.30. The summed E-state index contributed by atoms with van der Waals surface area (Å²) in [6.07, 6.45) is -0.249. The Morgan fingerprint density at radius 2 is 1.67 bits per heavy atom. The van der Waals surface area contributed by atoms with Gasteiger partial charge in [-0.1, -0.05) is 60.7 Å². The van der Waals surface area contributed by atoms with Crippen molar-refractivity contribution in [1.82, 2.24) is 9.13 Å². The number of rotatable bonds is 8. The first-order chi connectivity index (χ1) is 17.4. The lowest BCUT2D eigenvalue weighted by Gasteiger charge is -2.37. The Kier molecular flexibility index (Phi) is 6.67. The van der Waals surface area contributed by atoms with Crippen LogP contribution in [0.15, 0.2) is 76.4 Å². The molecule has 2 aliphatic rings. The maximum absolute atomic E-state index is 13.1. The van der Waals surface area contributed by atoms with Crippen LogP contribution in [0.2, 0.25) is 0 Å². The lowest BCUT2D eigenvalue weighted by Crippen LogP contribution is -2.58. The van der Waals surface area contributed by atoms with Crippen LogP contribution in [0.3, 0.4) is 0 Å². The molecule has 0 radical (unpaired) electrons. The van der Waals surface area contributed by atoms with Crippen molar-refractivity contribution in [2.24, 2.45) is 7.05 Å². The molecule has 4 unspecified atom stereocenters. The van der Waals surface area contributed by atoms with E-state index in [1.54, 1.807) is 6.92 Å². The van der Waals surface area contributed by atoms with E-state index >= 15 is 0 Å². The Morgan fingerprint density at radius 1 is 1.03 bits per heavy atom. The zero-order valence-corrected chi connectivity index (χ0v) is 20.3. The average molecular weight is 495 g/mol. The fraction of sp³-hybridized carbons (Fsp3) is 0.407. The molecular formula is C27H30N2O7. The van der Waals surface area contributed by atoms with E-state index in [0.717, 1.165) is 15.7 Å². The van der Waals surface area contributed by atoms with E-state index in [2.05, 4.69) is 0 Å². The van der Waals surface area contributed by atoms with Gasteiger partial charge < -0.3 is 24.1 Å². The highest BCUT2D eigenvalue weighted by Gasteiger charge is 2.72. The van der Waals surface area contributed by atoms with Crippen molar-refractivity contribution in [3.8, 4) is 0 Å². The molecule has 2 aromatic carbocycles. The standard InChI is InChI=1S/C27H30N2O7/c1-19-15-29(25(31)28(2)23(19)30)24-27(32)26(13-14-34-27,35-17-21-11-7-4-8-12-21)22(36-24)18-33-16-20-9-5-3-6-10-20/h3-12,15,22,24,32H,13-14,16-18H2,1-2H3. The first-order valence-electron chi connectivity index (χ1n) is 12.0. The number of nitrogens with zero attached hydrogens (tertiary/aromatic N) is 2. The number of aromatic nitrogens is 2. The molecule has 0 saturated carbocycles. The Morgan fingerprint density at radius 3 is 2.33 bits per heavy atom. The third-order valence-corrected chi connectivity index (χ3v) is 7.01. The first kappa shape index (κ1) is 24.6. The number of aryl methyl sites for hydroxylation is 1. The van der Waals surface area contributed by atoms with E-state index in [9.17, 15) is 14.7 Å². The quantitative estimate of drug-likeness (QED) is 0.511. The largest absolute Gasteiger partial charge is 0.374 e. The van der Waals surface area contributed by atoms with Gasteiger partial charge in [-0.2, -0.15) is 0 Å². The third-order valence-electron chi connectivity index (χ3n) is 7.01. The lowest BCUT2D eigenvalue weighted by molar-refractivity contribution is -0.282. The number of fused-ring (bicyclic) bond motifs is 1. The average Bonchev–Trinajstić information content (AvgIpc) is 3.35. The maximum Gasteiger partial charge on any atom is 0.333 e. The van der Waals surface area contributed by atoms with Crippen LogP contribution in [0.5, 0.6) is 0 Å². The highest BCUT2D eigenvalue weighted by atomic mass is 16.7. The van der Waals surface area contributed by atoms with Crippen molar-refractivity contribution in [2.75, 3.05) is 13.2 Å². The topological polar surface area (TPSA) is 101 Å². The molecule has 9 nitrogen and oxygen atoms in total. The summed E-state index contributed by atoms with van der Waals surface area (Å²) < 4.78 is 26.8. The van der Waals surface area contributed by atoms with Gasteiger partial charge in [0, 0.05) is 25.2 Å². The van der Waals surface area contributed by atoms with Gasteiger partial charge in [0.1, 0.15) is 6.10 Å². The number of hydrogen-bond acceptors (Lipinski definition) is 7. The Hall–Kier alpha value is -3.08. The zero-order chi connectivity index (χ0) is 25.3. The molecule has 0 amide bonds. The monoisotopic (exact) mass is 494 g/mol. The molecule has 9 heteroatoms. The summed E-state index contributed by atoms with van der Waals surface area (Å²) in [7, 11) is 1.39. The van der Waals surface area contributed by atoms with E-state index < -0.39 is 35.0 Å².